The van der Waals surface area contributed by atoms with E-state index in [0.29, 0.717) is 18.1 Å². The maximum atomic E-state index is 5.35. The zero-order valence-corrected chi connectivity index (χ0v) is 11.8. The van der Waals surface area contributed by atoms with Gasteiger partial charge in [0.1, 0.15) is 0 Å². The lowest BCUT2D eigenvalue weighted by molar-refractivity contribution is 0.386. The molecule has 0 aliphatic rings. The second-order valence-electron chi connectivity index (χ2n) is 5.11. The van der Waals surface area contributed by atoms with Gasteiger partial charge in [0.05, 0.1) is 6.42 Å². The first-order valence-corrected chi connectivity index (χ1v) is 7.09. The lowest BCUT2D eigenvalue weighted by Gasteiger charge is -2.00. The van der Waals surface area contributed by atoms with E-state index < -0.39 is 0 Å². The Labute approximate surface area is 127 Å². The number of benzene rings is 2. The number of pyridine rings is 1. The first-order chi connectivity index (χ1) is 10.9. The average molecular weight is 287 g/mol. The Hall–Kier alpha value is -3.01. The third kappa shape index (κ3) is 2.46. The van der Waals surface area contributed by atoms with E-state index in [9.17, 15) is 0 Å². The Morgan fingerprint density at radius 3 is 2.55 bits per heavy atom. The molecule has 0 aliphatic heterocycles. The van der Waals surface area contributed by atoms with E-state index in [1.54, 1.807) is 12.4 Å². The molecule has 0 N–H and O–H groups in total. The molecule has 4 nitrogen and oxygen atoms in total. The molecule has 2 aromatic heterocycles. The molecule has 0 spiro atoms. The summed E-state index contributed by atoms with van der Waals surface area (Å²) in [6.45, 7) is 0. The van der Waals surface area contributed by atoms with Crippen LogP contribution in [0, 0.1) is 0 Å². The smallest absolute Gasteiger partial charge is 0.231 e. The van der Waals surface area contributed by atoms with Crippen molar-refractivity contribution in [3.05, 3.63) is 78.4 Å². The third-order valence-electron chi connectivity index (χ3n) is 3.58. The topological polar surface area (TPSA) is 51.8 Å². The Kier molecular flexibility index (Phi) is 3.12. The standard InChI is InChI=1S/C18H13N3O/c1-2-4-16-11-13(5-6-14(16)3-1)12-17-20-18(21-22-17)15-7-9-19-10-8-15/h1-11H,12H2. The highest BCUT2D eigenvalue weighted by Gasteiger charge is 2.09. The van der Waals surface area contributed by atoms with Crippen molar-refractivity contribution < 1.29 is 4.52 Å². The molecule has 4 heteroatoms. The van der Waals surface area contributed by atoms with Gasteiger partial charge in [0.2, 0.25) is 11.7 Å². The van der Waals surface area contributed by atoms with E-state index in [0.717, 1.165) is 11.1 Å². The maximum absolute atomic E-state index is 5.35. The minimum absolute atomic E-state index is 0.596. The van der Waals surface area contributed by atoms with Crippen LogP contribution in [0.5, 0.6) is 0 Å². The fourth-order valence-corrected chi connectivity index (χ4v) is 2.47. The van der Waals surface area contributed by atoms with Gasteiger partial charge in [-0.1, -0.05) is 47.6 Å². The summed E-state index contributed by atoms with van der Waals surface area (Å²) >= 11 is 0. The van der Waals surface area contributed by atoms with E-state index in [1.807, 2.05) is 24.3 Å². The molecule has 106 valence electrons. The summed E-state index contributed by atoms with van der Waals surface area (Å²) in [6, 6.07) is 18.4. The van der Waals surface area contributed by atoms with Crippen molar-refractivity contribution in [2.45, 2.75) is 6.42 Å². The molecule has 0 fully saturated rings. The van der Waals surface area contributed by atoms with Crippen molar-refractivity contribution in [2.24, 2.45) is 0 Å². The number of rotatable bonds is 3. The minimum atomic E-state index is 0.596. The molecule has 0 amide bonds. The lowest BCUT2D eigenvalue weighted by Crippen LogP contribution is -1.89. The zero-order valence-electron chi connectivity index (χ0n) is 11.8. The summed E-state index contributed by atoms with van der Waals surface area (Å²) < 4.78 is 5.35. The molecule has 22 heavy (non-hydrogen) atoms. The molecule has 4 rings (SSSR count). The van der Waals surface area contributed by atoms with Crippen molar-refractivity contribution >= 4 is 10.8 Å². The molecule has 0 radical (unpaired) electrons. The molecule has 0 bridgehead atoms. The number of hydrogen-bond donors (Lipinski definition) is 0. The number of aromatic nitrogens is 3. The SMILES string of the molecule is c1ccc2cc(Cc3nc(-c4ccncc4)no3)ccc2c1. The predicted molar refractivity (Wildman–Crippen MR) is 84.3 cm³/mol. The van der Waals surface area contributed by atoms with Crippen LogP contribution in [-0.2, 0) is 6.42 Å². The van der Waals surface area contributed by atoms with Crippen molar-refractivity contribution in [1.29, 1.82) is 0 Å². The predicted octanol–water partition coefficient (Wildman–Crippen LogP) is 3.88. The van der Waals surface area contributed by atoms with Crippen LogP contribution in [0.3, 0.4) is 0 Å². The van der Waals surface area contributed by atoms with Gasteiger partial charge in [-0.3, -0.25) is 4.98 Å². The van der Waals surface area contributed by atoms with Crippen molar-refractivity contribution in [3.63, 3.8) is 0 Å². The van der Waals surface area contributed by atoms with Crippen LogP contribution in [0.2, 0.25) is 0 Å². The van der Waals surface area contributed by atoms with Gasteiger partial charge in [0.25, 0.3) is 0 Å². The van der Waals surface area contributed by atoms with Gasteiger partial charge in [0, 0.05) is 18.0 Å². The first-order valence-electron chi connectivity index (χ1n) is 7.09. The number of fused-ring (bicyclic) bond motifs is 1. The molecule has 0 unspecified atom stereocenters. The highest BCUT2D eigenvalue weighted by Crippen LogP contribution is 2.19. The average Bonchev–Trinajstić information content (AvgIpc) is 3.04. The molecule has 0 saturated carbocycles. The molecule has 0 saturated heterocycles. The fraction of sp³-hybridized carbons (Fsp3) is 0.0556. The second kappa shape index (κ2) is 5.41. The van der Waals surface area contributed by atoms with Gasteiger partial charge < -0.3 is 4.52 Å². The van der Waals surface area contributed by atoms with E-state index >= 15 is 0 Å². The van der Waals surface area contributed by atoms with Crippen molar-refractivity contribution in [1.82, 2.24) is 15.1 Å². The van der Waals surface area contributed by atoms with Crippen LogP contribution in [-0.4, -0.2) is 15.1 Å². The summed E-state index contributed by atoms with van der Waals surface area (Å²) in [5.74, 6) is 1.21. The summed E-state index contributed by atoms with van der Waals surface area (Å²) in [5, 5.41) is 6.48. The van der Waals surface area contributed by atoms with Gasteiger partial charge >= 0.3 is 0 Å². The van der Waals surface area contributed by atoms with Gasteiger partial charge in [0.15, 0.2) is 0 Å². The van der Waals surface area contributed by atoms with Gasteiger partial charge in [-0.25, -0.2) is 0 Å². The van der Waals surface area contributed by atoms with Gasteiger partial charge in [-0.05, 0) is 28.5 Å². The highest BCUT2D eigenvalue weighted by molar-refractivity contribution is 5.83. The fourth-order valence-electron chi connectivity index (χ4n) is 2.47. The zero-order chi connectivity index (χ0) is 14.8. The van der Waals surface area contributed by atoms with E-state index in [1.165, 1.54) is 10.8 Å². The molecular formula is C18H13N3O. The second-order valence-corrected chi connectivity index (χ2v) is 5.11. The normalized spacial score (nSPS) is 10.9. The highest BCUT2D eigenvalue weighted by atomic mass is 16.5. The minimum Gasteiger partial charge on any atom is -0.339 e. The molecule has 2 aromatic carbocycles. The van der Waals surface area contributed by atoms with Crippen LogP contribution in [0.1, 0.15) is 11.5 Å². The number of nitrogens with zero attached hydrogens (tertiary/aromatic N) is 3. The van der Waals surface area contributed by atoms with Crippen LogP contribution in [0.15, 0.2) is 71.5 Å². The quantitative estimate of drug-likeness (QED) is 0.574. The van der Waals surface area contributed by atoms with Crippen molar-refractivity contribution in [3.8, 4) is 11.4 Å². The molecule has 2 heterocycles. The summed E-state index contributed by atoms with van der Waals surface area (Å²) in [7, 11) is 0. The lowest BCUT2D eigenvalue weighted by atomic mass is 10.1. The van der Waals surface area contributed by atoms with Crippen LogP contribution < -0.4 is 0 Å². The molecule has 4 aromatic rings. The van der Waals surface area contributed by atoms with Crippen LogP contribution in [0.4, 0.5) is 0 Å². The molecular weight excluding hydrogens is 274 g/mol. The summed E-state index contributed by atoms with van der Waals surface area (Å²) in [4.78, 5) is 8.44. The van der Waals surface area contributed by atoms with E-state index in [4.69, 9.17) is 4.52 Å². The Balaban J connectivity index is 1.61. The van der Waals surface area contributed by atoms with Crippen molar-refractivity contribution in [2.75, 3.05) is 0 Å². The maximum Gasteiger partial charge on any atom is 0.231 e. The monoisotopic (exact) mass is 287 g/mol. The first kappa shape index (κ1) is 12.7. The number of hydrogen-bond acceptors (Lipinski definition) is 4. The van der Waals surface area contributed by atoms with Crippen LogP contribution >= 0.6 is 0 Å². The van der Waals surface area contributed by atoms with Gasteiger partial charge in [-0.15, -0.1) is 0 Å². The summed E-state index contributed by atoms with van der Waals surface area (Å²) in [5.41, 5.74) is 2.06. The Bertz CT molecular complexity index is 916. The van der Waals surface area contributed by atoms with Crippen LogP contribution in [0.25, 0.3) is 22.2 Å². The molecule has 0 aliphatic carbocycles. The van der Waals surface area contributed by atoms with E-state index in [2.05, 4.69) is 45.5 Å². The van der Waals surface area contributed by atoms with E-state index in [-0.39, 0.29) is 0 Å². The van der Waals surface area contributed by atoms with Gasteiger partial charge in [-0.2, -0.15) is 4.98 Å². The Morgan fingerprint density at radius 1 is 0.864 bits per heavy atom. The summed E-state index contributed by atoms with van der Waals surface area (Å²) in [6.07, 6.45) is 4.06. The third-order valence-corrected chi connectivity index (χ3v) is 3.58. The largest absolute Gasteiger partial charge is 0.339 e. The molecule has 0 atom stereocenters. The Morgan fingerprint density at radius 2 is 1.68 bits per heavy atom.